The Morgan fingerprint density at radius 2 is 1.36 bits per heavy atom. The number of piperazine rings is 1. The van der Waals surface area contributed by atoms with Crippen LogP contribution in [0.15, 0.2) is 48.5 Å². The minimum atomic E-state index is -1.68. The Kier molecular flexibility index (Phi) is 6.59. The van der Waals surface area contributed by atoms with Gasteiger partial charge in [-0.1, -0.05) is 12.1 Å². The van der Waals surface area contributed by atoms with Crippen LogP contribution in [0, 0.1) is 0 Å². The number of aliphatic hydroxyl groups is 1. The van der Waals surface area contributed by atoms with Crippen LogP contribution in [-0.2, 0) is 15.1 Å². The molecule has 2 aromatic rings. The lowest BCUT2D eigenvalue weighted by atomic mass is 9.84. The molecule has 0 unspecified atom stereocenters. The number of β-amino-alcohol motifs (C(OH)–C–C–N with tert-alkyl or cyclic N) is 1. The number of benzene rings is 2. The van der Waals surface area contributed by atoms with Gasteiger partial charge in [-0.25, -0.2) is 4.79 Å². The number of nitrogens with one attached hydrogen (secondary N) is 2. The van der Waals surface area contributed by atoms with Crippen molar-refractivity contribution in [3.63, 3.8) is 0 Å². The Bertz CT molecular complexity index is 996. The SMILES string of the molecule is COc1ccc(Oc2ccc(C3(N4CCN(CCO)CC4)C(=O)NC(=O)NC3=O)cc2)cc1. The zero-order valence-corrected chi connectivity index (χ0v) is 18.2. The molecule has 2 heterocycles. The molecule has 4 rings (SSSR count). The van der Waals surface area contributed by atoms with Gasteiger partial charge >= 0.3 is 6.03 Å². The molecule has 3 N–H and O–H groups in total. The molecule has 10 heteroatoms. The Hall–Kier alpha value is -3.47. The predicted octanol–water partition coefficient (Wildman–Crippen LogP) is 0.659. The summed E-state index contributed by atoms with van der Waals surface area (Å²) in [7, 11) is 1.59. The molecule has 2 aliphatic heterocycles. The van der Waals surface area contributed by atoms with Crippen LogP contribution in [0.1, 0.15) is 5.56 Å². The zero-order chi connectivity index (χ0) is 23.4. The van der Waals surface area contributed by atoms with E-state index in [1.807, 2.05) is 0 Å². The number of methoxy groups -OCH3 is 1. The number of hydrogen-bond donors (Lipinski definition) is 3. The smallest absolute Gasteiger partial charge is 0.328 e. The van der Waals surface area contributed by atoms with Gasteiger partial charge in [-0.2, -0.15) is 0 Å². The van der Waals surface area contributed by atoms with Gasteiger partial charge in [-0.15, -0.1) is 0 Å². The third-order valence-corrected chi connectivity index (χ3v) is 5.94. The molecule has 4 amide bonds. The van der Waals surface area contributed by atoms with Crippen LogP contribution >= 0.6 is 0 Å². The number of barbiturate groups is 1. The number of hydrogen-bond acceptors (Lipinski definition) is 8. The first-order chi connectivity index (χ1) is 16.0. The van der Waals surface area contributed by atoms with Crippen molar-refractivity contribution in [2.45, 2.75) is 5.54 Å². The molecule has 0 saturated carbocycles. The van der Waals surface area contributed by atoms with Crippen molar-refractivity contribution < 1.29 is 29.0 Å². The Balaban J connectivity index is 1.61. The van der Waals surface area contributed by atoms with Crippen LogP contribution in [0.4, 0.5) is 4.79 Å². The maximum absolute atomic E-state index is 13.1. The highest BCUT2D eigenvalue weighted by Gasteiger charge is 2.56. The maximum Gasteiger partial charge on any atom is 0.328 e. The average molecular weight is 454 g/mol. The molecule has 2 saturated heterocycles. The fourth-order valence-electron chi connectivity index (χ4n) is 4.25. The third-order valence-electron chi connectivity index (χ3n) is 5.94. The molecule has 174 valence electrons. The van der Waals surface area contributed by atoms with Crippen LogP contribution in [0.3, 0.4) is 0 Å². The van der Waals surface area contributed by atoms with Crippen molar-refractivity contribution in [3.8, 4) is 17.2 Å². The molecule has 2 fully saturated rings. The van der Waals surface area contributed by atoms with Crippen molar-refractivity contribution in [1.29, 1.82) is 0 Å². The van der Waals surface area contributed by atoms with E-state index in [1.54, 1.807) is 60.5 Å². The first-order valence-corrected chi connectivity index (χ1v) is 10.6. The van der Waals surface area contributed by atoms with E-state index in [1.165, 1.54) is 0 Å². The predicted molar refractivity (Wildman–Crippen MR) is 118 cm³/mol. The summed E-state index contributed by atoms with van der Waals surface area (Å²) in [5, 5.41) is 13.7. The number of amides is 4. The lowest BCUT2D eigenvalue weighted by Gasteiger charge is -2.46. The summed E-state index contributed by atoms with van der Waals surface area (Å²) in [5.74, 6) is 0.477. The van der Waals surface area contributed by atoms with E-state index in [4.69, 9.17) is 9.47 Å². The Morgan fingerprint density at radius 3 is 1.88 bits per heavy atom. The highest BCUT2D eigenvalue weighted by atomic mass is 16.5. The van der Waals surface area contributed by atoms with E-state index < -0.39 is 23.4 Å². The lowest BCUT2D eigenvalue weighted by molar-refractivity contribution is -0.150. The molecular weight excluding hydrogens is 428 g/mol. The van der Waals surface area contributed by atoms with Crippen LogP contribution in [0.2, 0.25) is 0 Å². The average Bonchev–Trinajstić information content (AvgIpc) is 2.81. The maximum atomic E-state index is 13.1. The van der Waals surface area contributed by atoms with Crippen molar-refractivity contribution in [1.82, 2.24) is 20.4 Å². The molecule has 0 spiro atoms. The van der Waals surface area contributed by atoms with Crippen molar-refractivity contribution in [3.05, 3.63) is 54.1 Å². The van der Waals surface area contributed by atoms with Crippen molar-refractivity contribution in [2.75, 3.05) is 46.4 Å². The minimum absolute atomic E-state index is 0.0380. The zero-order valence-electron chi connectivity index (χ0n) is 18.2. The summed E-state index contributed by atoms with van der Waals surface area (Å²) < 4.78 is 11.0. The second kappa shape index (κ2) is 9.57. The molecule has 33 heavy (non-hydrogen) atoms. The standard InChI is InChI=1S/C23H26N4O6/c1-32-17-6-8-19(9-7-17)33-18-4-2-16(3-5-18)23(20(29)24-22(31)25-21(23)30)27-12-10-26(11-13-27)14-15-28/h2-9,28H,10-15H2,1H3,(H2,24,25,29,30,31). The van der Waals surface area contributed by atoms with Crippen molar-refractivity contribution in [2.24, 2.45) is 0 Å². The number of ether oxygens (including phenoxy) is 2. The molecule has 0 aliphatic carbocycles. The third kappa shape index (κ3) is 4.40. The summed E-state index contributed by atoms with van der Waals surface area (Å²) in [6, 6.07) is 13.0. The van der Waals surface area contributed by atoms with E-state index in [2.05, 4.69) is 15.5 Å². The van der Waals surface area contributed by atoms with Gasteiger partial charge in [0.25, 0.3) is 11.8 Å². The Morgan fingerprint density at radius 1 is 0.848 bits per heavy atom. The largest absolute Gasteiger partial charge is 0.497 e. The van der Waals surface area contributed by atoms with Gasteiger partial charge in [0.2, 0.25) is 5.54 Å². The fraction of sp³-hybridized carbons (Fsp3) is 0.348. The molecular formula is C23H26N4O6. The second-order valence-corrected chi connectivity index (χ2v) is 7.80. The lowest BCUT2D eigenvalue weighted by Crippen LogP contribution is -2.72. The summed E-state index contributed by atoms with van der Waals surface area (Å²) in [6.07, 6.45) is 0. The van der Waals surface area contributed by atoms with E-state index in [-0.39, 0.29) is 6.61 Å². The van der Waals surface area contributed by atoms with Gasteiger partial charge in [-0.3, -0.25) is 30.0 Å². The van der Waals surface area contributed by atoms with Gasteiger partial charge < -0.3 is 14.6 Å². The summed E-state index contributed by atoms with van der Waals surface area (Å²) in [5.41, 5.74) is -1.25. The number of imide groups is 2. The number of carbonyl (C=O) groups excluding carboxylic acids is 3. The first kappa shape index (κ1) is 22.7. The number of nitrogens with zero attached hydrogens (tertiary/aromatic N) is 2. The van der Waals surface area contributed by atoms with Crippen LogP contribution in [0.5, 0.6) is 17.2 Å². The summed E-state index contributed by atoms with van der Waals surface area (Å²) >= 11 is 0. The summed E-state index contributed by atoms with van der Waals surface area (Å²) in [4.78, 5) is 41.9. The summed E-state index contributed by atoms with van der Waals surface area (Å²) in [6.45, 7) is 2.55. The molecule has 0 aromatic heterocycles. The highest BCUT2D eigenvalue weighted by molar-refractivity contribution is 6.22. The Labute approximate surface area is 191 Å². The van der Waals surface area contributed by atoms with Gasteiger partial charge in [0.05, 0.1) is 13.7 Å². The van der Waals surface area contributed by atoms with Gasteiger partial charge in [-0.05, 0) is 42.0 Å². The number of aliphatic hydroxyl groups excluding tert-OH is 1. The number of rotatable bonds is 7. The molecule has 2 aromatic carbocycles. The highest BCUT2D eigenvalue weighted by Crippen LogP contribution is 2.34. The monoisotopic (exact) mass is 454 g/mol. The second-order valence-electron chi connectivity index (χ2n) is 7.80. The normalized spacial score (nSPS) is 19.0. The van der Waals surface area contributed by atoms with E-state index in [0.717, 1.165) is 0 Å². The minimum Gasteiger partial charge on any atom is -0.497 e. The first-order valence-electron chi connectivity index (χ1n) is 10.6. The van der Waals surface area contributed by atoms with Crippen LogP contribution in [0.25, 0.3) is 0 Å². The number of carbonyl (C=O) groups is 3. The molecule has 2 aliphatic rings. The fourth-order valence-corrected chi connectivity index (χ4v) is 4.25. The van der Waals surface area contributed by atoms with E-state index in [9.17, 15) is 19.5 Å². The molecule has 10 nitrogen and oxygen atoms in total. The quantitative estimate of drug-likeness (QED) is 0.522. The van der Waals surface area contributed by atoms with Crippen molar-refractivity contribution >= 4 is 17.8 Å². The van der Waals surface area contributed by atoms with Gasteiger partial charge in [0.1, 0.15) is 17.2 Å². The topological polar surface area (TPSA) is 120 Å². The van der Waals surface area contributed by atoms with Crippen LogP contribution < -0.4 is 20.1 Å². The molecule has 0 atom stereocenters. The van der Waals surface area contributed by atoms with Gasteiger partial charge in [0.15, 0.2) is 0 Å². The number of urea groups is 1. The van der Waals surface area contributed by atoms with Gasteiger partial charge in [0, 0.05) is 32.7 Å². The molecule has 0 radical (unpaired) electrons. The van der Waals surface area contributed by atoms with E-state index in [0.29, 0.717) is 55.5 Å². The van der Waals surface area contributed by atoms with Crippen LogP contribution in [-0.4, -0.2) is 79.2 Å². The molecule has 0 bridgehead atoms. The van der Waals surface area contributed by atoms with E-state index >= 15 is 0 Å².